The highest BCUT2D eigenvalue weighted by molar-refractivity contribution is 5.78. The molecule has 12 heavy (non-hydrogen) atoms. The lowest BCUT2D eigenvalue weighted by atomic mass is 9.91. The normalized spacial score (nSPS) is 21.2. The van der Waals surface area contributed by atoms with Crippen LogP contribution < -0.4 is 0 Å². The maximum atomic E-state index is 11.1. The zero-order valence-corrected chi connectivity index (χ0v) is 8.18. The van der Waals surface area contributed by atoms with Crippen molar-refractivity contribution in [3.05, 3.63) is 0 Å². The number of nitrogens with zero attached hydrogens (tertiary/aromatic N) is 1. The quantitative estimate of drug-likeness (QED) is 0.641. The van der Waals surface area contributed by atoms with Crippen molar-refractivity contribution in [3.63, 3.8) is 0 Å². The molecular weight excluding hydrogens is 150 g/mol. The third kappa shape index (κ3) is 2.94. The molecule has 1 rings (SSSR count). The van der Waals surface area contributed by atoms with Crippen molar-refractivity contribution < 1.29 is 4.79 Å². The lowest BCUT2D eigenvalue weighted by molar-refractivity contribution is -0.119. The van der Waals surface area contributed by atoms with E-state index in [2.05, 4.69) is 11.9 Å². The third-order valence-electron chi connectivity index (χ3n) is 2.75. The first-order valence-electron chi connectivity index (χ1n) is 4.92. The van der Waals surface area contributed by atoms with Crippen molar-refractivity contribution in [2.75, 3.05) is 20.1 Å². The lowest BCUT2D eigenvalue weighted by Gasteiger charge is -2.28. The maximum Gasteiger partial charge on any atom is 0.132 e. The first kappa shape index (κ1) is 9.72. The van der Waals surface area contributed by atoms with Crippen LogP contribution in [0.15, 0.2) is 0 Å². The van der Waals surface area contributed by atoms with E-state index in [-0.39, 0.29) is 0 Å². The predicted molar refractivity (Wildman–Crippen MR) is 50.1 cm³/mol. The van der Waals surface area contributed by atoms with Gasteiger partial charge in [-0.25, -0.2) is 0 Å². The highest BCUT2D eigenvalue weighted by atomic mass is 16.1. The highest BCUT2D eigenvalue weighted by Gasteiger charge is 2.18. The Balaban J connectivity index is 2.21. The van der Waals surface area contributed by atoms with Crippen molar-refractivity contribution in [2.45, 2.75) is 32.6 Å². The smallest absolute Gasteiger partial charge is 0.132 e. The molecule has 1 heterocycles. The summed E-state index contributed by atoms with van der Waals surface area (Å²) in [6.45, 7) is 4.29. The summed E-state index contributed by atoms with van der Waals surface area (Å²) in [5.74, 6) is 1.11. The van der Waals surface area contributed by atoms with Crippen LogP contribution in [0.1, 0.15) is 32.6 Å². The summed E-state index contributed by atoms with van der Waals surface area (Å²) in [5, 5.41) is 0. The molecule has 0 unspecified atom stereocenters. The molecule has 0 atom stereocenters. The second kappa shape index (κ2) is 4.61. The molecule has 2 nitrogen and oxygen atoms in total. The molecule has 0 aromatic rings. The summed E-state index contributed by atoms with van der Waals surface area (Å²) < 4.78 is 0. The molecule has 0 saturated carbocycles. The Hall–Kier alpha value is -0.370. The summed E-state index contributed by atoms with van der Waals surface area (Å²) in [6.07, 6.45) is 3.96. The zero-order chi connectivity index (χ0) is 8.97. The van der Waals surface area contributed by atoms with Crippen LogP contribution in [0.3, 0.4) is 0 Å². The molecule has 0 aliphatic carbocycles. The number of hydrogen-bond acceptors (Lipinski definition) is 2. The van der Waals surface area contributed by atoms with Crippen LogP contribution in [0.2, 0.25) is 0 Å². The average Bonchev–Trinajstić information content (AvgIpc) is 2.09. The minimum atomic E-state index is 0.435. The molecule has 70 valence electrons. The van der Waals surface area contributed by atoms with Crippen LogP contribution in [-0.2, 0) is 4.79 Å². The lowest BCUT2D eigenvalue weighted by Crippen LogP contribution is -2.30. The second-order valence-corrected chi connectivity index (χ2v) is 3.84. The van der Waals surface area contributed by atoms with E-state index in [0.717, 1.165) is 6.42 Å². The summed E-state index contributed by atoms with van der Waals surface area (Å²) >= 11 is 0. The van der Waals surface area contributed by atoms with Crippen LogP contribution in [0.5, 0.6) is 0 Å². The van der Waals surface area contributed by atoms with E-state index < -0.39 is 0 Å². The van der Waals surface area contributed by atoms with E-state index in [9.17, 15) is 4.79 Å². The van der Waals surface area contributed by atoms with Gasteiger partial charge in [0, 0.05) is 12.8 Å². The van der Waals surface area contributed by atoms with E-state index in [0.29, 0.717) is 18.1 Å². The van der Waals surface area contributed by atoms with Crippen LogP contribution in [0.4, 0.5) is 0 Å². The van der Waals surface area contributed by atoms with E-state index in [4.69, 9.17) is 0 Å². The van der Waals surface area contributed by atoms with Gasteiger partial charge in [0.05, 0.1) is 0 Å². The molecule has 1 aliphatic rings. The first-order chi connectivity index (χ1) is 5.72. The van der Waals surface area contributed by atoms with E-state index in [1.165, 1.54) is 25.9 Å². The van der Waals surface area contributed by atoms with Crippen LogP contribution in [-0.4, -0.2) is 30.8 Å². The zero-order valence-electron chi connectivity index (χ0n) is 8.18. The van der Waals surface area contributed by atoms with Crippen molar-refractivity contribution >= 4 is 5.78 Å². The largest absolute Gasteiger partial charge is 0.306 e. The van der Waals surface area contributed by atoms with Crippen LogP contribution in [0.25, 0.3) is 0 Å². The minimum Gasteiger partial charge on any atom is -0.306 e. The average molecular weight is 169 g/mol. The molecule has 1 fully saturated rings. The Morgan fingerprint density at radius 2 is 2.00 bits per heavy atom. The minimum absolute atomic E-state index is 0.435. The standard InChI is InChI=1S/C10H19NO/c1-3-10(12)8-9-4-6-11(2)7-5-9/h9H,3-8H2,1-2H3. The third-order valence-corrected chi connectivity index (χ3v) is 2.75. The SMILES string of the molecule is CCC(=O)CC1CCN(C)CC1. The Morgan fingerprint density at radius 1 is 1.42 bits per heavy atom. The molecule has 0 N–H and O–H groups in total. The number of rotatable bonds is 3. The molecule has 0 aromatic carbocycles. The summed E-state index contributed by atoms with van der Waals surface area (Å²) in [6, 6.07) is 0. The molecule has 0 aromatic heterocycles. The fraction of sp³-hybridized carbons (Fsp3) is 0.900. The van der Waals surface area contributed by atoms with Gasteiger partial charge >= 0.3 is 0 Å². The predicted octanol–water partition coefficient (Wildman–Crippen LogP) is 1.70. The number of carbonyl (C=O) groups is 1. The number of likely N-dealkylation sites (tertiary alicyclic amines) is 1. The van der Waals surface area contributed by atoms with Crippen molar-refractivity contribution in [2.24, 2.45) is 5.92 Å². The van der Waals surface area contributed by atoms with Gasteiger partial charge in [-0.3, -0.25) is 4.79 Å². The van der Waals surface area contributed by atoms with E-state index >= 15 is 0 Å². The molecule has 0 spiro atoms. The van der Waals surface area contributed by atoms with E-state index in [1.54, 1.807) is 0 Å². The second-order valence-electron chi connectivity index (χ2n) is 3.84. The Bertz CT molecular complexity index is 148. The fourth-order valence-electron chi connectivity index (χ4n) is 1.73. The highest BCUT2D eigenvalue weighted by Crippen LogP contribution is 2.19. The van der Waals surface area contributed by atoms with Crippen molar-refractivity contribution in [1.29, 1.82) is 0 Å². The fourth-order valence-corrected chi connectivity index (χ4v) is 1.73. The molecule has 2 heteroatoms. The topological polar surface area (TPSA) is 20.3 Å². The maximum absolute atomic E-state index is 11.1. The van der Waals surface area contributed by atoms with Gasteiger partial charge in [-0.05, 0) is 38.9 Å². The molecule has 0 radical (unpaired) electrons. The van der Waals surface area contributed by atoms with Gasteiger partial charge in [-0.2, -0.15) is 0 Å². The van der Waals surface area contributed by atoms with Crippen molar-refractivity contribution in [1.82, 2.24) is 4.90 Å². The van der Waals surface area contributed by atoms with Gasteiger partial charge < -0.3 is 4.90 Å². The van der Waals surface area contributed by atoms with Crippen LogP contribution in [0, 0.1) is 5.92 Å². The van der Waals surface area contributed by atoms with E-state index in [1.807, 2.05) is 6.92 Å². The van der Waals surface area contributed by atoms with Gasteiger partial charge in [0.1, 0.15) is 5.78 Å². The molecule has 0 amide bonds. The summed E-state index contributed by atoms with van der Waals surface area (Å²) in [4.78, 5) is 13.5. The number of carbonyl (C=O) groups excluding carboxylic acids is 1. The van der Waals surface area contributed by atoms with Gasteiger partial charge in [0.15, 0.2) is 0 Å². The molecule has 0 bridgehead atoms. The Morgan fingerprint density at radius 3 is 2.50 bits per heavy atom. The number of Topliss-reactive ketones (excluding diaryl/α,β-unsaturated/α-hetero) is 1. The van der Waals surface area contributed by atoms with Gasteiger partial charge in [0.25, 0.3) is 0 Å². The summed E-state index contributed by atoms with van der Waals surface area (Å²) in [5.41, 5.74) is 0. The number of piperidine rings is 1. The monoisotopic (exact) mass is 169 g/mol. The molecular formula is C10H19NO. The van der Waals surface area contributed by atoms with Crippen LogP contribution >= 0.6 is 0 Å². The van der Waals surface area contributed by atoms with Crippen molar-refractivity contribution in [3.8, 4) is 0 Å². The first-order valence-corrected chi connectivity index (χ1v) is 4.92. The Kier molecular flexibility index (Phi) is 3.73. The Labute approximate surface area is 74.9 Å². The van der Waals surface area contributed by atoms with Gasteiger partial charge in [-0.1, -0.05) is 6.92 Å². The summed E-state index contributed by atoms with van der Waals surface area (Å²) in [7, 11) is 2.15. The molecule has 1 saturated heterocycles. The number of ketones is 1. The molecule has 1 aliphatic heterocycles. The van der Waals surface area contributed by atoms with Gasteiger partial charge in [0.2, 0.25) is 0 Å². The number of hydrogen-bond donors (Lipinski definition) is 0. The van der Waals surface area contributed by atoms with Gasteiger partial charge in [-0.15, -0.1) is 0 Å².